The van der Waals surface area contributed by atoms with Gasteiger partial charge >= 0.3 is 0 Å². The largest absolute Gasteiger partial charge is 0.348 e. The number of nitrogens with one attached hydrogen (secondary N) is 1. The molecule has 4 heteroatoms. The summed E-state index contributed by atoms with van der Waals surface area (Å²) in [6, 6.07) is 10.5. The molecule has 0 unspecified atom stereocenters. The first-order valence-electron chi connectivity index (χ1n) is 8.63. The molecular weight excluding hydrogens is 286 g/mol. The Labute approximate surface area is 137 Å². The molecule has 1 amide bonds. The van der Waals surface area contributed by atoms with Crippen molar-refractivity contribution in [1.82, 2.24) is 14.9 Å². The van der Waals surface area contributed by atoms with E-state index >= 15 is 0 Å². The van der Waals surface area contributed by atoms with Crippen molar-refractivity contribution >= 4 is 5.91 Å². The zero-order chi connectivity index (χ0) is 15.9. The van der Waals surface area contributed by atoms with Crippen molar-refractivity contribution in [3.8, 4) is 0 Å². The first-order chi connectivity index (χ1) is 11.3. The number of aryl methyl sites for hydroxylation is 1. The maximum atomic E-state index is 12.3. The Balaban J connectivity index is 1.35. The van der Waals surface area contributed by atoms with Crippen LogP contribution in [-0.4, -0.2) is 33.9 Å². The third kappa shape index (κ3) is 4.44. The summed E-state index contributed by atoms with van der Waals surface area (Å²) in [6.45, 7) is 1.75. The minimum absolute atomic E-state index is 0.320. The third-order valence-electron chi connectivity index (χ3n) is 4.76. The molecule has 122 valence electrons. The monoisotopic (exact) mass is 311 g/mol. The Kier molecular flexibility index (Phi) is 5.46. The van der Waals surface area contributed by atoms with Crippen LogP contribution in [-0.2, 0) is 11.2 Å². The lowest BCUT2D eigenvalue weighted by molar-refractivity contribution is -0.132. The van der Waals surface area contributed by atoms with Gasteiger partial charge in [-0.1, -0.05) is 30.3 Å². The lowest BCUT2D eigenvalue weighted by atomic mass is 9.94. The van der Waals surface area contributed by atoms with Gasteiger partial charge in [0.2, 0.25) is 5.91 Å². The SMILES string of the molecule is O=C(CCCCc1ccccc1)N1CCC(c2cnc[nH]2)CC1. The minimum atomic E-state index is 0.320. The van der Waals surface area contributed by atoms with Crippen LogP contribution in [0.2, 0.25) is 0 Å². The number of H-pyrrole nitrogens is 1. The number of piperidine rings is 1. The van der Waals surface area contributed by atoms with E-state index in [-0.39, 0.29) is 0 Å². The number of nitrogens with zero attached hydrogens (tertiary/aromatic N) is 2. The Morgan fingerprint density at radius 1 is 1.17 bits per heavy atom. The van der Waals surface area contributed by atoms with E-state index in [0.29, 0.717) is 18.2 Å². The predicted molar refractivity (Wildman–Crippen MR) is 91.1 cm³/mol. The lowest BCUT2D eigenvalue weighted by Gasteiger charge is -2.31. The van der Waals surface area contributed by atoms with Crippen molar-refractivity contribution in [2.45, 2.75) is 44.4 Å². The Morgan fingerprint density at radius 3 is 2.65 bits per heavy atom. The van der Waals surface area contributed by atoms with Crippen LogP contribution < -0.4 is 0 Å². The van der Waals surface area contributed by atoms with Crippen molar-refractivity contribution in [1.29, 1.82) is 0 Å². The molecule has 1 aromatic heterocycles. The number of carbonyl (C=O) groups is 1. The number of hydrogen-bond donors (Lipinski definition) is 1. The van der Waals surface area contributed by atoms with Crippen LogP contribution in [0.15, 0.2) is 42.9 Å². The molecule has 1 aliphatic rings. The molecule has 4 nitrogen and oxygen atoms in total. The molecule has 0 atom stereocenters. The molecule has 0 radical (unpaired) electrons. The summed E-state index contributed by atoms with van der Waals surface area (Å²) in [5.41, 5.74) is 2.57. The van der Waals surface area contributed by atoms with Crippen molar-refractivity contribution in [3.05, 3.63) is 54.1 Å². The quantitative estimate of drug-likeness (QED) is 0.830. The van der Waals surface area contributed by atoms with Crippen LogP contribution >= 0.6 is 0 Å². The second-order valence-electron chi connectivity index (χ2n) is 6.35. The Bertz CT molecular complexity index is 586. The second-order valence-corrected chi connectivity index (χ2v) is 6.35. The number of likely N-dealkylation sites (tertiary alicyclic amines) is 1. The Hall–Kier alpha value is -2.10. The summed E-state index contributed by atoms with van der Waals surface area (Å²) in [5, 5.41) is 0. The number of carbonyl (C=O) groups excluding carboxylic acids is 1. The van der Waals surface area contributed by atoms with Crippen LogP contribution in [0.25, 0.3) is 0 Å². The van der Waals surface area contributed by atoms with Gasteiger partial charge in [0.1, 0.15) is 0 Å². The molecule has 0 bridgehead atoms. The number of benzene rings is 1. The first-order valence-corrected chi connectivity index (χ1v) is 8.63. The molecule has 2 heterocycles. The highest BCUT2D eigenvalue weighted by atomic mass is 16.2. The zero-order valence-corrected chi connectivity index (χ0v) is 13.6. The molecule has 23 heavy (non-hydrogen) atoms. The molecule has 1 fully saturated rings. The van der Waals surface area contributed by atoms with E-state index in [4.69, 9.17) is 0 Å². The molecule has 0 saturated carbocycles. The van der Waals surface area contributed by atoms with E-state index in [2.05, 4.69) is 34.2 Å². The van der Waals surface area contributed by atoms with Crippen molar-refractivity contribution < 1.29 is 4.79 Å². The zero-order valence-electron chi connectivity index (χ0n) is 13.6. The van der Waals surface area contributed by atoms with Crippen LogP contribution in [0.5, 0.6) is 0 Å². The number of amides is 1. The summed E-state index contributed by atoms with van der Waals surface area (Å²) in [4.78, 5) is 21.6. The second kappa shape index (κ2) is 7.95. The summed E-state index contributed by atoms with van der Waals surface area (Å²) < 4.78 is 0. The van der Waals surface area contributed by atoms with Gasteiger partial charge in [-0.15, -0.1) is 0 Å². The van der Waals surface area contributed by atoms with Crippen LogP contribution in [0.4, 0.5) is 0 Å². The fraction of sp³-hybridized carbons (Fsp3) is 0.474. The smallest absolute Gasteiger partial charge is 0.222 e. The van der Waals surface area contributed by atoms with Gasteiger partial charge < -0.3 is 9.88 Å². The maximum Gasteiger partial charge on any atom is 0.222 e. The first kappa shape index (κ1) is 15.8. The summed E-state index contributed by atoms with van der Waals surface area (Å²) >= 11 is 0. The number of unbranched alkanes of at least 4 members (excludes halogenated alkanes) is 1. The summed E-state index contributed by atoms with van der Waals surface area (Å²) in [5.74, 6) is 0.848. The van der Waals surface area contributed by atoms with Gasteiger partial charge in [-0.25, -0.2) is 4.98 Å². The van der Waals surface area contributed by atoms with Gasteiger partial charge in [0.25, 0.3) is 0 Å². The normalized spacial score (nSPS) is 15.7. The van der Waals surface area contributed by atoms with Gasteiger partial charge in [-0.05, 0) is 37.7 Å². The number of hydrogen-bond acceptors (Lipinski definition) is 2. The number of aromatic nitrogens is 2. The molecule has 3 rings (SSSR count). The lowest BCUT2D eigenvalue weighted by Crippen LogP contribution is -2.37. The number of rotatable bonds is 6. The molecule has 1 N–H and O–H groups in total. The van der Waals surface area contributed by atoms with Gasteiger partial charge in [-0.3, -0.25) is 4.79 Å². The topological polar surface area (TPSA) is 49.0 Å². The van der Waals surface area contributed by atoms with E-state index in [1.165, 1.54) is 11.3 Å². The van der Waals surface area contributed by atoms with Gasteiger partial charge in [0.15, 0.2) is 0 Å². The van der Waals surface area contributed by atoms with E-state index < -0.39 is 0 Å². The van der Waals surface area contributed by atoms with Crippen molar-refractivity contribution in [2.24, 2.45) is 0 Å². The van der Waals surface area contributed by atoms with Crippen molar-refractivity contribution in [2.75, 3.05) is 13.1 Å². The van der Waals surface area contributed by atoms with Crippen LogP contribution in [0.3, 0.4) is 0 Å². The number of aromatic amines is 1. The van der Waals surface area contributed by atoms with E-state index in [1.54, 1.807) is 6.33 Å². The highest BCUT2D eigenvalue weighted by Gasteiger charge is 2.24. The fourth-order valence-corrected chi connectivity index (χ4v) is 3.34. The highest BCUT2D eigenvalue weighted by molar-refractivity contribution is 5.76. The van der Waals surface area contributed by atoms with E-state index in [0.717, 1.165) is 45.2 Å². The maximum absolute atomic E-state index is 12.3. The summed E-state index contributed by atoms with van der Waals surface area (Å²) in [6.07, 6.45) is 9.54. The molecule has 1 aromatic carbocycles. The van der Waals surface area contributed by atoms with Gasteiger partial charge in [0, 0.05) is 37.3 Å². The third-order valence-corrected chi connectivity index (χ3v) is 4.76. The fourth-order valence-electron chi connectivity index (χ4n) is 3.34. The van der Waals surface area contributed by atoms with Crippen LogP contribution in [0.1, 0.15) is 49.3 Å². The molecule has 0 aliphatic carbocycles. The van der Waals surface area contributed by atoms with E-state index in [9.17, 15) is 4.79 Å². The average Bonchev–Trinajstić information content (AvgIpc) is 3.14. The molecular formula is C19H25N3O. The number of imidazole rings is 1. The Morgan fingerprint density at radius 2 is 1.96 bits per heavy atom. The van der Waals surface area contributed by atoms with Crippen LogP contribution in [0, 0.1) is 0 Å². The van der Waals surface area contributed by atoms with Gasteiger partial charge in [0.05, 0.1) is 6.33 Å². The molecule has 1 aliphatic heterocycles. The van der Waals surface area contributed by atoms with Gasteiger partial charge in [-0.2, -0.15) is 0 Å². The standard InChI is InChI=1S/C19H25N3O/c23-19(9-5-4-8-16-6-2-1-3-7-16)22-12-10-17(11-13-22)18-14-20-15-21-18/h1-3,6-7,14-15,17H,4-5,8-13H2,(H,20,21). The highest BCUT2D eigenvalue weighted by Crippen LogP contribution is 2.26. The average molecular weight is 311 g/mol. The molecule has 2 aromatic rings. The minimum Gasteiger partial charge on any atom is -0.348 e. The summed E-state index contributed by atoms with van der Waals surface area (Å²) in [7, 11) is 0. The predicted octanol–water partition coefficient (Wildman–Crippen LogP) is 3.53. The van der Waals surface area contributed by atoms with E-state index in [1.807, 2.05) is 17.2 Å². The van der Waals surface area contributed by atoms with Crippen molar-refractivity contribution in [3.63, 3.8) is 0 Å². The molecule has 0 spiro atoms. The molecule has 1 saturated heterocycles.